The molecule has 1 aromatic rings. The maximum Gasteiger partial charge on any atom is 0.338 e. The van der Waals surface area contributed by atoms with E-state index in [1.165, 1.54) is 23.5 Å². The van der Waals surface area contributed by atoms with Gasteiger partial charge in [0, 0.05) is 26.2 Å². The topological polar surface area (TPSA) is 75.7 Å². The number of halogens is 1. The van der Waals surface area contributed by atoms with Crippen LogP contribution in [0.25, 0.3) is 0 Å². The van der Waals surface area contributed by atoms with Crippen LogP contribution in [-0.4, -0.2) is 52.0 Å². The quantitative estimate of drug-likeness (QED) is 0.827. The van der Waals surface area contributed by atoms with Gasteiger partial charge in [-0.2, -0.15) is 4.31 Å². The molecule has 0 unspecified atom stereocenters. The van der Waals surface area contributed by atoms with E-state index in [9.17, 15) is 13.2 Å². The fraction of sp³-hybridized carbons (Fsp3) is 0.462. The van der Waals surface area contributed by atoms with Gasteiger partial charge in [-0.15, -0.1) is 12.4 Å². The molecular weight excluding hydrogens is 316 g/mol. The summed E-state index contributed by atoms with van der Waals surface area (Å²) in [6.45, 7) is 3.88. The van der Waals surface area contributed by atoms with E-state index in [-0.39, 0.29) is 22.9 Å². The molecule has 1 fully saturated rings. The number of benzene rings is 1. The standard InChI is InChI=1S/C13H18N2O4S.ClH/c1-10-3-4-11(9-12(10)13(16)19-2)20(17,18)15-7-5-14-6-8-15;/h3-4,9,14H,5-8H2,1-2H3;1H. The number of carbonyl (C=O) groups excluding carboxylic acids is 1. The molecule has 21 heavy (non-hydrogen) atoms. The van der Waals surface area contributed by atoms with Crippen LogP contribution >= 0.6 is 12.4 Å². The van der Waals surface area contributed by atoms with Crippen LogP contribution in [-0.2, 0) is 14.8 Å². The summed E-state index contributed by atoms with van der Waals surface area (Å²) < 4.78 is 31.1. The van der Waals surface area contributed by atoms with Crippen molar-refractivity contribution < 1.29 is 17.9 Å². The lowest BCUT2D eigenvalue weighted by atomic mass is 10.1. The summed E-state index contributed by atoms with van der Waals surface area (Å²) in [6, 6.07) is 4.54. The van der Waals surface area contributed by atoms with Crippen LogP contribution in [0, 0.1) is 6.92 Å². The van der Waals surface area contributed by atoms with Crippen LogP contribution in [0.4, 0.5) is 0 Å². The van der Waals surface area contributed by atoms with E-state index < -0.39 is 16.0 Å². The number of hydrogen-bond donors (Lipinski definition) is 1. The number of nitrogens with one attached hydrogen (secondary N) is 1. The highest BCUT2D eigenvalue weighted by Gasteiger charge is 2.27. The second-order valence-electron chi connectivity index (χ2n) is 4.62. The van der Waals surface area contributed by atoms with E-state index in [2.05, 4.69) is 10.1 Å². The van der Waals surface area contributed by atoms with E-state index in [1.807, 2.05) is 0 Å². The maximum atomic E-state index is 12.5. The number of esters is 1. The number of nitrogens with zero attached hydrogens (tertiary/aromatic N) is 1. The Balaban J connectivity index is 0.00000220. The molecule has 0 amide bonds. The van der Waals surface area contributed by atoms with Gasteiger partial charge in [-0.05, 0) is 24.6 Å². The molecule has 0 saturated carbocycles. The van der Waals surface area contributed by atoms with Gasteiger partial charge in [0.1, 0.15) is 0 Å². The van der Waals surface area contributed by atoms with Crippen LogP contribution in [0.2, 0.25) is 0 Å². The second-order valence-corrected chi connectivity index (χ2v) is 6.56. The lowest BCUT2D eigenvalue weighted by Crippen LogP contribution is -2.46. The highest BCUT2D eigenvalue weighted by atomic mass is 35.5. The maximum absolute atomic E-state index is 12.5. The van der Waals surface area contributed by atoms with E-state index in [1.54, 1.807) is 13.0 Å². The van der Waals surface area contributed by atoms with Crippen molar-refractivity contribution in [3.63, 3.8) is 0 Å². The molecular formula is C13H19ClN2O4S. The first kappa shape index (κ1) is 17.9. The van der Waals surface area contributed by atoms with Gasteiger partial charge in [0.05, 0.1) is 17.6 Å². The Morgan fingerprint density at radius 1 is 1.29 bits per heavy atom. The lowest BCUT2D eigenvalue weighted by molar-refractivity contribution is 0.0599. The largest absolute Gasteiger partial charge is 0.465 e. The predicted octanol–water partition coefficient (Wildman–Crippen LogP) is 0.797. The minimum absolute atomic E-state index is 0. The summed E-state index contributed by atoms with van der Waals surface area (Å²) in [4.78, 5) is 11.8. The van der Waals surface area contributed by atoms with Gasteiger partial charge in [-0.1, -0.05) is 6.07 Å². The SMILES string of the molecule is COC(=O)c1cc(S(=O)(=O)N2CCNCC2)ccc1C.Cl. The summed E-state index contributed by atoms with van der Waals surface area (Å²) in [5.41, 5.74) is 0.972. The Labute approximate surface area is 130 Å². The fourth-order valence-corrected chi connectivity index (χ4v) is 3.59. The molecule has 1 heterocycles. The zero-order valence-electron chi connectivity index (χ0n) is 12.0. The number of sulfonamides is 1. The minimum Gasteiger partial charge on any atom is -0.465 e. The molecule has 0 spiro atoms. The van der Waals surface area contributed by atoms with Crippen molar-refractivity contribution in [1.82, 2.24) is 9.62 Å². The highest BCUT2D eigenvalue weighted by molar-refractivity contribution is 7.89. The third-order valence-electron chi connectivity index (χ3n) is 3.33. The number of piperazine rings is 1. The Kier molecular flexibility index (Phi) is 6.15. The molecule has 1 N–H and O–H groups in total. The Morgan fingerprint density at radius 3 is 2.48 bits per heavy atom. The van der Waals surface area contributed by atoms with E-state index in [0.717, 1.165) is 0 Å². The van der Waals surface area contributed by atoms with Crippen molar-refractivity contribution in [2.24, 2.45) is 0 Å². The number of ether oxygens (including phenoxy) is 1. The number of methoxy groups -OCH3 is 1. The predicted molar refractivity (Wildman–Crippen MR) is 81.4 cm³/mol. The second kappa shape index (κ2) is 7.22. The number of aryl methyl sites for hydroxylation is 1. The molecule has 6 nitrogen and oxygen atoms in total. The third kappa shape index (κ3) is 3.74. The van der Waals surface area contributed by atoms with Crippen molar-refractivity contribution in [2.45, 2.75) is 11.8 Å². The molecule has 1 saturated heterocycles. The van der Waals surface area contributed by atoms with E-state index in [4.69, 9.17) is 0 Å². The first-order valence-corrected chi connectivity index (χ1v) is 7.80. The normalized spacial score (nSPS) is 16.1. The average Bonchev–Trinajstić information content (AvgIpc) is 2.47. The van der Waals surface area contributed by atoms with Gasteiger partial charge in [0.15, 0.2) is 0 Å². The molecule has 2 rings (SSSR count). The highest BCUT2D eigenvalue weighted by Crippen LogP contribution is 2.20. The fourth-order valence-electron chi connectivity index (χ4n) is 2.13. The molecule has 1 aromatic carbocycles. The Bertz CT molecular complexity index is 613. The van der Waals surface area contributed by atoms with E-state index >= 15 is 0 Å². The lowest BCUT2D eigenvalue weighted by Gasteiger charge is -2.26. The summed E-state index contributed by atoms with van der Waals surface area (Å²) in [6.07, 6.45) is 0. The van der Waals surface area contributed by atoms with Crippen molar-refractivity contribution in [2.75, 3.05) is 33.3 Å². The van der Waals surface area contributed by atoms with Gasteiger partial charge in [0.25, 0.3) is 0 Å². The molecule has 1 aliphatic heterocycles. The first-order chi connectivity index (χ1) is 9.46. The zero-order chi connectivity index (χ0) is 14.8. The Hall–Kier alpha value is -1.15. The van der Waals surface area contributed by atoms with Gasteiger partial charge < -0.3 is 10.1 Å². The van der Waals surface area contributed by atoms with Crippen molar-refractivity contribution in [3.05, 3.63) is 29.3 Å². The number of carbonyl (C=O) groups is 1. The van der Waals surface area contributed by atoms with Crippen molar-refractivity contribution >= 4 is 28.4 Å². The van der Waals surface area contributed by atoms with Crippen LogP contribution in [0.15, 0.2) is 23.1 Å². The molecule has 118 valence electrons. The number of rotatable bonds is 3. The van der Waals surface area contributed by atoms with Crippen LogP contribution < -0.4 is 5.32 Å². The summed E-state index contributed by atoms with van der Waals surface area (Å²) in [5.74, 6) is -0.528. The molecule has 0 radical (unpaired) electrons. The van der Waals surface area contributed by atoms with Crippen LogP contribution in [0.5, 0.6) is 0 Å². The van der Waals surface area contributed by atoms with Crippen molar-refractivity contribution in [1.29, 1.82) is 0 Å². The average molecular weight is 335 g/mol. The van der Waals surface area contributed by atoms with Crippen molar-refractivity contribution in [3.8, 4) is 0 Å². The monoisotopic (exact) mass is 334 g/mol. The molecule has 0 atom stereocenters. The van der Waals surface area contributed by atoms with Gasteiger partial charge in [0.2, 0.25) is 10.0 Å². The summed E-state index contributed by atoms with van der Waals surface area (Å²) in [5, 5.41) is 3.11. The molecule has 8 heteroatoms. The van der Waals surface area contributed by atoms with E-state index in [0.29, 0.717) is 31.7 Å². The zero-order valence-corrected chi connectivity index (χ0v) is 13.6. The van der Waals surface area contributed by atoms with Crippen LogP contribution in [0.1, 0.15) is 15.9 Å². The third-order valence-corrected chi connectivity index (χ3v) is 5.22. The molecule has 0 aliphatic carbocycles. The van der Waals surface area contributed by atoms with Crippen LogP contribution in [0.3, 0.4) is 0 Å². The molecule has 0 aromatic heterocycles. The molecule has 1 aliphatic rings. The summed E-state index contributed by atoms with van der Waals surface area (Å²) >= 11 is 0. The van der Waals surface area contributed by atoms with Gasteiger partial charge in [-0.25, -0.2) is 13.2 Å². The van der Waals surface area contributed by atoms with Gasteiger partial charge in [-0.3, -0.25) is 0 Å². The number of hydrogen-bond acceptors (Lipinski definition) is 5. The smallest absolute Gasteiger partial charge is 0.338 e. The first-order valence-electron chi connectivity index (χ1n) is 6.36. The molecule has 0 bridgehead atoms. The summed E-state index contributed by atoms with van der Waals surface area (Å²) in [7, 11) is -2.28. The van der Waals surface area contributed by atoms with Gasteiger partial charge >= 0.3 is 5.97 Å². The Morgan fingerprint density at radius 2 is 1.90 bits per heavy atom. The minimum atomic E-state index is -3.56.